The highest BCUT2D eigenvalue weighted by molar-refractivity contribution is 7.88. The minimum atomic E-state index is -3.61. The Balaban J connectivity index is 1.65. The number of esters is 1. The minimum Gasteiger partial charge on any atom is -0.465 e. The number of nitrogens with one attached hydrogen (secondary N) is 1. The van der Waals surface area contributed by atoms with Gasteiger partial charge in [-0.1, -0.05) is 36.4 Å². The van der Waals surface area contributed by atoms with Gasteiger partial charge in [0.25, 0.3) is 0 Å². The number of aromatic nitrogens is 1. The first-order valence-corrected chi connectivity index (χ1v) is 12.8. The molecule has 7 nitrogen and oxygen atoms in total. The van der Waals surface area contributed by atoms with Crippen LogP contribution in [0.25, 0.3) is 16.6 Å². The molecule has 0 fully saturated rings. The summed E-state index contributed by atoms with van der Waals surface area (Å²) >= 11 is 0. The summed E-state index contributed by atoms with van der Waals surface area (Å²) in [4.78, 5) is 12.5. The molecule has 8 heteroatoms. The van der Waals surface area contributed by atoms with E-state index in [1.54, 1.807) is 6.92 Å². The Morgan fingerprint density at radius 1 is 0.941 bits per heavy atom. The molecule has 1 aromatic heterocycles. The van der Waals surface area contributed by atoms with Crippen LogP contribution in [0.5, 0.6) is 11.5 Å². The third-order valence-electron chi connectivity index (χ3n) is 5.24. The lowest BCUT2D eigenvalue weighted by Crippen LogP contribution is -2.42. The number of rotatable bonds is 9. The van der Waals surface area contributed by atoms with Gasteiger partial charge in [0.05, 0.1) is 18.4 Å². The normalized spacial score (nSPS) is 12.4. The number of para-hydroxylation sites is 2. The summed E-state index contributed by atoms with van der Waals surface area (Å²) in [6.45, 7) is 1.85. The highest BCUT2D eigenvalue weighted by Crippen LogP contribution is 2.28. The van der Waals surface area contributed by atoms with Crippen molar-refractivity contribution in [2.75, 3.05) is 12.9 Å². The zero-order valence-corrected chi connectivity index (χ0v) is 19.8. The fourth-order valence-electron chi connectivity index (χ4n) is 3.82. The molecule has 0 aliphatic rings. The van der Waals surface area contributed by atoms with Gasteiger partial charge in [-0.15, -0.1) is 0 Å². The van der Waals surface area contributed by atoms with Gasteiger partial charge in [0.2, 0.25) is 10.0 Å². The second-order valence-corrected chi connectivity index (χ2v) is 9.63. The monoisotopic (exact) mass is 478 g/mol. The lowest BCUT2D eigenvalue weighted by Gasteiger charge is -2.15. The number of carbonyl (C=O) groups excluding carboxylic acids is 1. The molecular formula is C26H26N2O5S. The maximum absolute atomic E-state index is 12.5. The van der Waals surface area contributed by atoms with Crippen molar-refractivity contribution < 1.29 is 22.7 Å². The van der Waals surface area contributed by atoms with Crippen LogP contribution in [0.15, 0.2) is 85.1 Å². The lowest BCUT2D eigenvalue weighted by molar-refractivity contribution is -0.145. The Kier molecular flexibility index (Phi) is 7.00. The quantitative estimate of drug-likeness (QED) is 0.359. The van der Waals surface area contributed by atoms with Gasteiger partial charge in [0.1, 0.15) is 17.5 Å². The number of ether oxygens (including phenoxy) is 2. The molecule has 3 aromatic carbocycles. The molecule has 4 rings (SSSR count). The molecule has 34 heavy (non-hydrogen) atoms. The number of fused-ring (bicyclic) bond motifs is 1. The van der Waals surface area contributed by atoms with E-state index in [9.17, 15) is 13.2 Å². The number of carbonyl (C=O) groups is 1. The van der Waals surface area contributed by atoms with E-state index in [0.717, 1.165) is 34.2 Å². The van der Waals surface area contributed by atoms with Gasteiger partial charge in [-0.05, 0) is 55.0 Å². The van der Waals surface area contributed by atoms with Crippen molar-refractivity contribution >= 4 is 26.9 Å². The van der Waals surface area contributed by atoms with Crippen LogP contribution in [-0.2, 0) is 26.0 Å². The zero-order valence-electron chi connectivity index (χ0n) is 19.0. The van der Waals surface area contributed by atoms with Gasteiger partial charge in [0, 0.05) is 23.7 Å². The predicted octanol–water partition coefficient (Wildman–Crippen LogP) is 4.45. The van der Waals surface area contributed by atoms with Crippen molar-refractivity contribution in [1.29, 1.82) is 0 Å². The summed E-state index contributed by atoms with van der Waals surface area (Å²) in [5.41, 5.74) is 2.68. The minimum absolute atomic E-state index is 0.161. The van der Waals surface area contributed by atoms with Crippen LogP contribution >= 0.6 is 0 Å². The van der Waals surface area contributed by atoms with Gasteiger partial charge in [-0.3, -0.25) is 4.79 Å². The van der Waals surface area contributed by atoms with E-state index in [2.05, 4.69) is 4.72 Å². The second kappa shape index (κ2) is 10.1. The molecule has 176 valence electrons. The Morgan fingerprint density at radius 3 is 2.26 bits per heavy atom. The molecule has 0 aliphatic heterocycles. The van der Waals surface area contributed by atoms with Crippen LogP contribution in [0, 0.1) is 0 Å². The van der Waals surface area contributed by atoms with Crippen molar-refractivity contribution in [3.05, 3.63) is 90.6 Å². The van der Waals surface area contributed by atoms with Gasteiger partial charge >= 0.3 is 5.97 Å². The molecule has 1 unspecified atom stereocenters. The molecule has 0 spiro atoms. The smallest absolute Gasteiger partial charge is 0.324 e. The Morgan fingerprint density at radius 2 is 1.59 bits per heavy atom. The molecule has 0 radical (unpaired) electrons. The van der Waals surface area contributed by atoms with Crippen LogP contribution in [0.4, 0.5) is 0 Å². The van der Waals surface area contributed by atoms with Crippen LogP contribution in [0.1, 0.15) is 12.5 Å². The number of hydrogen-bond acceptors (Lipinski definition) is 5. The van der Waals surface area contributed by atoms with E-state index in [0.29, 0.717) is 5.75 Å². The van der Waals surface area contributed by atoms with Crippen molar-refractivity contribution in [3.63, 3.8) is 0 Å². The van der Waals surface area contributed by atoms with E-state index in [4.69, 9.17) is 9.47 Å². The van der Waals surface area contributed by atoms with Gasteiger partial charge < -0.3 is 14.0 Å². The summed E-state index contributed by atoms with van der Waals surface area (Å²) in [5, 5.41) is 0.928. The van der Waals surface area contributed by atoms with Gasteiger partial charge in [-0.2, -0.15) is 0 Å². The summed E-state index contributed by atoms with van der Waals surface area (Å²) in [6.07, 6.45) is 3.12. The highest BCUT2D eigenvalue weighted by Gasteiger charge is 2.25. The number of nitrogens with zero attached hydrogens (tertiary/aromatic N) is 1. The molecule has 1 heterocycles. The number of benzene rings is 3. The predicted molar refractivity (Wildman–Crippen MR) is 132 cm³/mol. The van der Waals surface area contributed by atoms with Crippen LogP contribution in [0.2, 0.25) is 0 Å². The van der Waals surface area contributed by atoms with Crippen molar-refractivity contribution in [1.82, 2.24) is 9.29 Å². The maximum Gasteiger partial charge on any atom is 0.324 e. The molecule has 0 amide bonds. The van der Waals surface area contributed by atoms with E-state index < -0.39 is 22.0 Å². The molecule has 0 saturated carbocycles. The fourth-order valence-corrected chi connectivity index (χ4v) is 4.52. The van der Waals surface area contributed by atoms with Crippen LogP contribution in [-0.4, -0.2) is 37.9 Å². The topological polar surface area (TPSA) is 86.6 Å². The van der Waals surface area contributed by atoms with E-state index in [1.165, 1.54) is 0 Å². The first kappa shape index (κ1) is 23.5. The summed E-state index contributed by atoms with van der Waals surface area (Å²) in [5.74, 6) is 0.867. The van der Waals surface area contributed by atoms with Crippen molar-refractivity contribution in [2.24, 2.45) is 0 Å². The Labute approximate surface area is 199 Å². The molecule has 1 atom stereocenters. The summed E-state index contributed by atoms with van der Waals surface area (Å²) in [7, 11) is -3.61. The second-order valence-electron chi connectivity index (χ2n) is 7.85. The standard InChI is InChI=1S/C26H26N2O5S/c1-3-32-26(29)24(27-34(2,30)31)17-19-18-28(25-12-8-7-11-23(19)25)20-13-15-22(16-14-20)33-21-9-5-4-6-10-21/h4-16,18,24,27H,3,17H2,1-2H3. The molecular weight excluding hydrogens is 452 g/mol. The van der Waals surface area contributed by atoms with Crippen LogP contribution in [0.3, 0.4) is 0 Å². The molecule has 4 aromatic rings. The largest absolute Gasteiger partial charge is 0.465 e. The molecule has 0 bridgehead atoms. The Bertz CT molecular complexity index is 1380. The molecule has 0 aliphatic carbocycles. The highest BCUT2D eigenvalue weighted by atomic mass is 32.2. The van der Waals surface area contributed by atoms with Gasteiger partial charge in [0.15, 0.2) is 0 Å². The number of hydrogen-bond donors (Lipinski definition) is 1. The summed E-state index contributed by atoms with van der Waals surface area (Å²) in [6, 6.07) is 24.0. The molecule has 0 saturated heterocycles. The average Bonchev–Trinajstić information content (AvgIpc) is 3.18. The summed E-state index contributed by atoms with van der Waals surface area (Å²) < 4.78 is 39.1. The van der Waals surface area contributed by atoms with Crippen LogP contribution < -0.4 is 9.46 Å². The van der Waals surface area contributed by atoms with E-state index >= 15 is 0 Å². The van der Waals surface area contributed by atoms with Crippen molar-refractivity contribution in [2.45, 2.75) is 19.4 Å². The zero-order chi connectivity index (χ0) is 24.1. The van der Waals surface area contributed by atoms with Gasteiger partial charge in [-0.25, -0.2) is 13.1 Å². The molecule has 1 N–H and O–H groups in total. The SMILES string of the molecule is CCOC(=O)C(Cc1cn(-c2ccc(Oc3ccccc3)cc2)c2ccccc12)NS(C)(=O)=O. The van der Waals surface area contributed by atoms with Crippen molar-refractivity contribution in [3.8, 4) is 17.2 Å². The third kappa shape index (κ3) is 5.65. The van der Waals surface area contributed by atoms with E-state index in [1.807, 2.05) is 89.6 Å². The maximum atomic E-state index is 12.5. The first-order valence-electron chi connectivity index (χ1n) is 10.9. The lowest BCUT2D eigenvalue weighted by atomic mass is 10.1. The third-order valence-corrected chi connectivity index (χ3v) is 5.95. The van der Waals surface area contributed by atoms with E-state index in [-0.39, 0.29) is 13.0 Å². The fraction of sp³-hybridized carbons (Fsp3) is 0.192. The number of sulfonamides is 1. The average molecular weight is 479 g/mol. The first-order chi connectivity index (χ1) is 16.3. The Hall–Kier alpha value is -3.62.